The van der Waals surface area contributed by atoms with E-state index in [-0.39, 0.29) is 23.7 Å². The Labute approximate surface area is 133 Å². The Morgan fingerprint density at radius 2 is 2.24 bits per heavy atom. The molecule has 2 N–H and O–H groups in total. The van der Waals surface area contributed by atoms with Gasteiger partial charge in [-0.15, -0.1) is 12.4 Å². The maximum atomic E-state index is 12.3. The highest BCUT2D eigenvalue weighted by atomic mass is 35.5. The quantitative estimate of drug-likeness (QED) is 0.895. The zero-order chi connectivity index (χ0) is 14.8. The maximum Gasteiger partial charge on any atom is 0.269 e. The summed E-state index contributed by atoms with van der Waals surface area (Å²) < 4.78 is 1.68. The molecule has 1 aromatic rings. The summed E-state index contributed by atoms with van der Waals surface area (Å²) in [6, 6.07) is 1.90. The van der Waals surface area contributed by atoms with Gasteiger partial charge in [0.25, 0.3) is 5.91 Å². The van der Waals surface area contributed by atoms with Gasteiger partial charge in [-0.2, -0.15) is 5.10 Å². The van der Waals surface area contributed by atoms with Crippen molar-refractivity contribution >= 4 is 18.3 Å². The normalized spacial score (nSPS) is 19.0. The van der Waals surface area contributed by atoms with E-state index in [9.17, 15) is 4.79 Å². The molecular formula is C15H27ClN4O. The van der Waals surface area contributed by atoms with Crippen LogP contribution in [0.25, 0.3) is 0 Å². The van der Waals surface area contributed by atoms with Crippen molar-refractivity contribution in [2.45, 2.75) is 39.0 Å². The first-order chi connectivity index (χ1) is 9.38. The van der Waals surface area contributed by atoms with Gasteiger partial charge in [-0.1, -0.05) is 20.8 Å². The lowest BCUT2D eigenvalue weighted by Crippen LogP contribution is -2.38. The van der Waals surface area contributed by atoms with Gasteiger partial charge in [0.15, 0.2) is 0 Å². The van der Waals surface area contributed by atoms with Crippen molar-refractivity contribution in [3.63, 3.8) is 0 Å². The van der Waals surface area contributed by atoms with E-state index in [1.54, 1.807) is 4.68 Å². The minimum Gasteiger partial charge on any atom is -0.350 e. The summed E-state index contributed by atoms with van der Waals surface area (Å²) in [6.07, 6.45) is 2.38. The van der Waals surface area contributed by atoms with Crippen molar-refractivity contribution in [1.29, 1.82) is 0 Å². The van der Waals surface area contributed by atoms with Crippen LogP contribution >= 0.6 is 12.4 Å². The van der Waals surface area contributed by atoms with Crippen LogP contribution in [0.4, 0.5) is 0 Å². The fourth-order valence-corrected chi connectivity index (χ4v) is 2.47. The number of carbonyl (C=O) groups is 1. The van der Waals surface area contributed by atoms with Crippen LogP contribution in [-0.2, 0) is 12.5 Å². The Morgan fingerprint density at radius 1 is 1.52 bits per heavy atom. The molecule has 21 heavy (non-hydrogen) atoms. The first-order valence-corrected chi connectivity index (χ1v) is 7.41. The summed E-state index contributed by atoms with van der Waals surface area (Å²) >= 11 is 0. The van der Waals surface area contributed by atoms with E-state index in [0.29, 0.717) is 11.6 Å². The van der Waals surface area contributed by atoms with Gasteiger partial charge in [0, 0.05) is 19.0 Å². The molecule has 1 atom stereocenters. The molecule has 0 saturated carbocycles. The number of nitrogens with one attached hydrogen (secondary N) is 2. The first-order valence-electron chi connectivity index (χ1n) is 7.41. The highest BCUT2D eigenvalue weighted by molar-refractivity contribution is 5.92. The van der Waals surface area contributed by atoms with Gasteiger partial charge in [0.1, 0.15) is 5.69 Å². The number of piperidine rings is 1. The zero-order valence-electron chi connectivity index (χ0n) is 13.4. The number of hydrogen-bond acceptors (Lipinski definition) is 3. The highest BCUT2D eigenvalue weighted by Crippen LogP contribution is 2.21. The first kappa shape index (κ1) is 18.0. The summed E-state index contributed by atoms with van der Waals surface area (Å²) in [5.41, 5.74) is 1.55. The number of amides is 1. The summed E-state index contributed by atoms with van der Waals surface area (Å²) in [5.74, 6) is 0.518. The second kappa shape index (κ2) is 7.27. The molecule has 0 bridgehead atoms. The third kappa shape index (κ3) is 4.71. The van der Waals surface area contributed by atoms with E-state index in [4.69, 9.17) is 0 Å². The lowest BCUT2D eigenvalue weighted by atomic mass is 9.92. The lowest BCUT2D eigenvalue weighted by Gasteiger charge is -2.22. The minimum absolute atomic E-state index is 0. The second-order valence-corrected chi connectivity index (χ2v) is 6.71. The second-order valence-electron chi connectivity index (χ2n) is 6.71. The van der Waals surface area contributed by atoms with Crippen LogP contribution in [-0.4, -0.2) is 35.3 Å². The molecule has 1 aromatic heterocycles. The van der Waals surface area contributed by atoms with Crippen molar-refractivity contribution < 1.29 is 4.79 Å². The zero-order valence-corrected chi connectivity index (χ0v) is 14.2. The summed E-state index contributed by atoms with van der Waals surface area (Å²) in [7, 11) is 1.83. The van der Waals surface area contributed by atoms with Gasteiger partial charge in [0.2, 0.25) is 0 Å². The van der Waals surface area contributed by atoms with E-state index in [1.807, 2.05) is 13.1 Å². The molecule has 120 valence electrons. The lowest BCUT2D eigenvalue weighted by molar-refractivity contribution is 0.0935. The molecule has 0 aromatic carbocycles. The third-order valence-corrected chi connectivity index (χ3v) is 3.83. The molecule has 1 unspecified atom stereocenters. The highest BCUT2D eigenvalue weighted by Gasteiger charge is 2.22. The largest absolute Gasteiger partial charge is 0.350 e. The average molecular weight is 315 g/mol. The monoisotopic (exact) mass is 314 g/mol. The van der Waals surface area contributed by atoms with Gasteiger partial charge >= 0.3 is 0 Å². The van der Waals surface area contributed by atoms with E-state index in [1.165, 1.54) is 12.8 Å². The molecule has 6 heteroatoms. The van der Waals surface area contributed by atoms with E-state index in [0.717, 1.165) is 25.3 Å². The fourth-order valence-electron chi connectivity index (χ4n) is 2.47. The smallest absolute Gasteiger partial charge is 0.269 e. The van der Waals surface area contributed by atoms with Gasteiger partial charge in [-0.3, -0.25) is 9.48 Å². The standard InChI is InChI=1S/C15H26N4O.ClH/c1-15(2,3)13-8-12(19(4)18-13)14(20)17-10-11-6-5-7-16-9-11;/h8,11,16H,5-7,9-10H2,1-4H3,(H,17,20);1H. The molecule has 1 saturated heterocycles. The van der Waals surface area contributed by atoms with Crippen molar-refractivity contribution in [2.24, 2.45) is 13.0 Å². The third-order valence-electron chi connectivity index (χ3n) is 3.83. The molecular weight excluding hydrogens is 288 g/mol. The SMILES string of the molecule is Cl.Cn1nc(C(C)(C)C)cc1C(=O)NCC1CCCNC1. The van der Waals surface area contributed by atoms with Crippen molar-refractivity contribution in [2.75, 3.05) is 19.6 Å². The van der Waals surface area contributed by atoms with Crippen LogP contribution in [0.5, 0.6) is 0 Å². The predicted octanol–water partition coefficient (Wildman–Crippen LogP) is 1.87. The molecule has 1 fully saturated rings. The van der Waals surface area contributed by atoms with Gasteiger partial charge < -0.3 is 10.6 Å². The Bertz CT molecular complexity index is 473. The number of aryl methyl sites for hydroxylation is 1. The Hall–Kier alpha value is -1.07. The summed E-state index contributed by atoms with van der Waals surface area (Å²) in [6.45, 7) is 9.14. The molecule has 1 amide bonds. The van der Waals surface area contributed by atoms with Crippen LogP contribution in [0, 0.1) is 5.92 Å². The molecule has 0 spiro atoms. The van der Waals surface area contributed by atoms with Crippen LogP contribution in [0.3, 0.4) is 0 Å². The van der Waals surface area contributed by atoms with E-state index in [2.05, 4.69) is 36.5 Å². The summed E-state index contributed by atoms with van der Waals surface area (Å²) in [5, 5.41) is 10.8. The van der Waals surface area contributed by atoms with Gasteiger partial charge in [-0.05, 0) is 37.9 Å². The van der Waals surface area contributed by atoms with Crippen LogP contribution in [0.15, 0.2) is 6.07 Å². The summed E-state index contributed by atoms with van der Waals surface area (Å²) in [4.78, 5) is 12.3. The van der Waals surface area contributed by atoms with Crippen LogP contribution in [0.1, 0.15) is 49.8 Å². The van der Waals surface area contributed by atoms with Crippen molar-refractivity contribution in [1.82, 2.24) is 20.4 Å². The van der Waals surface area contributed by atoms with Crippen LogP contribution < -0.4 is 10.6 Å². The average Bonchev–Trinajstić information content (AvgIpc) is 2.79. The number of nitrogens with zero attached hydrogens (tertiary/aromatic N) is 2. The molecule has 0 aliphatic carbocycles. The Morgan fingerprint density at radius 3 is 2.76 bits per heavy atom. The minimum atomic E-state index is -0.0381. The molecule has 5 nitrogen and oxygen atoms in total. The topological polar surface area (TPSA) is 59.0 Å². The number of carbonyl (C=O) groups excluding carboxylic acids is 1. The molecule has 1 aliphatic rings. The molecule has 2 heterocycles. The molecule has 2 rings (SSSR count). The Balaban J connectivity index is 0.00000220. The van der Waals surface area contributed by atoms with E-state index < -0.39 is 0 Å². The number of rotatable bonds is 3. The number of hydrogen-bond donors (Lipinski definition) is 2. The van der Waals surface area contributed by atoms with E-state index >= 15 is 0 Å². The predicted molar refractivity (Wildman–Crippen MR) is 87.1 cm³/mol. The number of aromatic nitrogens is 2. The molecule has 1 aliphatic heterocycles. The number of halogens is 1. The Kier molecular flexibility index (Phi) is 6.23. The van der Waals surface area contributed by atoms with Gasteiger partial charge in [0.05, 0.1) is 5.69 Å². The van der Waals surface area contributed by atoms with Crippen molar-refractivity contribution in [3.05, 3.63) is 17.5 Å². The molecule has 0 radical (unpaired) electrons. The van der Waals surface area contributed by atoms with Crippen LogP contribution in [0.2, 0.25) is 0 Å². The van der Waals surface area contributed by atoms with Gasteiger partial charge in [-0.25, -0.2) is 0 Å². The van der Waals surface area contributed by atoms with Crippen molar-refractivity contribution in [3.8, 4) is 0 Å². The fraction of sp³-hybridized carbons (Fsp3) is 0.733. The maximum absolute atomic E-state index is 12.3.